The van der Waals surface area contributed by atoms with Crippen molar-refractivity contribution in [3.05, 3.63) is 52.4 Å². The van der Waals surface area contributed by atoms with Crippen LogP contribution in [0.3, 0.4) is 0 Å². The van der Waals surface area contributed by atoms with Gasteiger partial charge in [0, 0.05) is 42.7 Å². The summed E-state index contributed by atoms with van der Waals surface area (Å²) in [7, 11) is 5.22. The van der Waals surface area contributed by atoms with Gasteiger partial charge in [-0.25, -0.2) is 4.79 Å². The molecule has 3 aliphatic rings. The Balaban J connectivity index is 1.80. The minimum atomic E-state index is -0.889. The van der Waals surface area contributed by atoms with Crippen molar-refractivity contribution in [1.82, 2.24) is 5.32 Å². The molecular formula is C27H34N2O5. The Kier molecular flexibility index (Phi) is 6.82. The van der Waals surface area contributed by atoms with Crippen molar-refractivity contribution < 1.29 is 23.9 Å². The Morgan fingerprint density at radius 2 is 1.74 bits per heavy atom. The second-order valence-corrected chi connectivity index (χ2v) is 9.83. The van der Waals surface area contributed by atoms with E-state index in [1.165, 1.54) is 7.11 Å². The van der Waals surface area contributed by atoms with Gasteiger partial charge in [0.15, 0.2) is 5.78 Å². The lowest BCUT2D eigenvalue weighted by Gasteiger charge is -2.38. The van der Waals surface area contributed by atoms with Crippen molar-refractivity contribution >= 4 is 23.4 Å². The lowest BCUT2D eigenvalue weighted by molar-refractivity contribution is -0.151. The molecule has 1 aromatic rings. The maximum absolute atomic E-state index is 13.8. The van der Waals surface area contributed by atoms with Crippen LogP contribution >= 0.6 is 0 Å². The van der Waals surface area contributed by atoms with E-state index in [4.69, 9.17) is 9.47 Å². The molecule has 7 heteroatoms. The quantitative estimate of drug-likeness (QED) is 0.521. The van der Waals surface area contributed by atoms with E-state index < -0.39 is 23.8 Å². The summed E-state index contributed by atoms with van der Waals surface area (Å²) in [5.74, 6) is -2.91. The van der Waals surface area contributed by atoms with Crippen LogP contribution in [-0.4, -0.2) is 45.0 Å². The predicted molar refractivity (Wildman–Crippen MR) is 129 cm³/mol. The number of ketones is 1. The van der Waals surface area contributed by atoms with E-state index in [0.717, 1.165) is 42.6 Å². The number of Topliss-reactive ketones (excluding diaryl/α,β-unsaturated/α-hetero) is 1. The molecule has 7 nitrogen and oxygen atoms in total. The molecule has 0 saturated heterocycles. The summed E-state index contributed by atoms with van der Waals surface area (Å²) in [6, 6.07) is 7.84. The van der Waals surface area contributed by atoms with Crippen molar-refractivity contribution in [3.63, 3.8) is 0 Å². The second kappa shape index (κ2) is 9.65. The highest BCUT2D eigenvalue weighted by atomic mass is 16.5. The van der Waals surface area contributed by atoms with E-state index in [1.807, 2.05) is 57.1 Å². The van der Waals surface area contributed by atoms with E-state index >= 15 is 0 Å². The number of dihydropyridines is 1. The van der Waals surface area contributed by atoms with Gasteiger partial charge in [-0.15, -0.1) is 0 Å². The average molecular weight is 467 g/mol. The molecule has 182 valence electrons. The van der Waals surface area contributed by atoms with Crippen LogP contribution in [0.25, 0.3) is 0 Å². The number of methoxy groups -OCH3 is 1. The van der Waals surface area contributed by atoms with E-state index in [0.29, 0.717) is 23.3 Å². The number of carbonyl (C=O) groups excluding carboxylic acids is 3. The Morgan fingerprint density at radius 1 is 1.09 bits per heavy atom. The second-order valence-electron chi connectivity index (χ2n) is 9.83. The van der Waals surface area contributed by atoms with Gasteiger partial charge in [0.25, 0.3) is 0 Å². The van der Waals surface area contributed by atoms with Crippen LogP contribution in [-0.2, 0) is 23.9 Å². The topological polar surface area (TPSA) is 84.9 Å². The third-order valence-corrected chi connectivity index (χ3v) is 7.28. The Bertz CT molecular complexity index is 1050. The number of carbonyl (C=O) groups is 3. The maximum atomic E-state index is 13.8. The molecule has 0 amide bonds. The molecule has 1 heterocycles. The zero-order chi connectivity index (χ0) is 24.6. The highest BCUT2D eigenvalue weighted by molar-refractivity contribution is 6.12. The number of benzene rings is 1. The van der Waals surface area contributed by atoms with E-state index in [-0.39, 0.29) is 17.8 Å². The largest absolute Gasteiger partial charge is 0.468 e. The standard InChI is InChI=1S/C27H34N2O5/c1-15-14-20-24(25(30)21(15)26(31)33-5)23(17-10-12-18(13-11-17)29(3)4)22(16(2)28-20)27(32)34-19-8-6-7-9-19/h10-13,15,19,21,23,28H,6-9,14H2,1-5H3/t15-,21-,23+/m0/s1. The molecular weight excluding hydrogens is 432 g/mol. The van der Waals surface area contributed by atoms with Crippen LogP contribution in [0.4, 0.5) is 5.69 Å². The van der Waals surface area contributed by atoms with Gasteiger partial charge in [0.2, 0.25) is 0 Å². The number of anilines is 1. The molecule has 4 rings (SSSR count). The molecule has 0 unspecified atom stereocenters. The lowest BCUT2D eigenvalue weighted by atomic mass is 9.69. The SMILES string of the molecule is COC(=O)[C@@H]1C(=O)C2=C(C[C@@H]1C)NC(C)=C(C(=O)OC1CCCC1)[C@H]2c1ccc(N(C)C)cc1. The van der Waals surface area contributed by atoms with Gasteiger partial charge in [-0.05, 0) is 62.6 Å². The van der Waals surface area contributed by atoms with Crippen molar-refractivity contribution in [2.24, 2.45) is 11.8 Å². The first-order chi connectivity index (χ1) is 16.2. The number of hydrogen-bond acceptors (Lipinski definition) is 7. The lowest BCUT2D eigenvalue weighted by Crippen LogP contribution is -2.43. The molecule has 0 aromatic heterocycles. The number of hydrogen-bond donors (Lipinski definition) is 1. The van der Waals surface area contributed by atoms with Crippen LogP contribution in [0.15, 0.2) is 46.8 Å². The zero-order valence-electron chi connectivity index (χ0n) is 20.6. The van der Waals surface area contributed by atoms with Gasteiger partial charge in [0.05, 0.1) is 12.7 Å². The maximum Gasteiger partial charge on any atom is 0.337 e. The average Bonchev–Trinajstić information content (AvgIpc) is 3.30. The van der Waals surface area contributed by atoms with Gasteiger partial charge in [-0.2, -0.15) is 0 Å². The summed E-state index contributed by atoms with van der Waals surface area (Å²) in [6.07, 6.45) is 4.26. The highest BCUT2D eigenvalue weighted by Gasteiger charge is 2.47. The van der Waals surface area contributed by atoms with Crippen molar-refractivity contribution in [1.29, 1.82) is 0 Å². The van der Waals surface area contributed by atoms with Crippen molar-refractivity contribution in [3.8, 4) is 0 Å². The van der Waals surface area contributed by atoms with Gasteiger partial charge in [-0.1, -0.05) is 19.1 Å². The van der Waals surface area contributed by atoms with Crippen LogP contribution in [0, 0.1) is 11.8 Å². The molecule has 1 aromatic carbocycles. The first-order valence-corrected chi connectivity index (χ1v) is 12.0. The number of rotatable bonds is 5. The smallest absolute Gasteiger partial charge is 0.337 e. The molecule has 0 bridgehead atoms. The van der Waals surface area contributed by atoms with Gasteiger partial charge >= 0.3 is 11.9 Å². The summed E-state index contributed by atoms with van der Waals surface area (Å²) < 4.78 is 10.9. The van der Waals surface area contributed by atoms with Crippen LogP contribution in [0.1, 0.15) is 57.4 Å². The fourth-order valence-corrected chi connectivity index (χ4v) is 5.47. The number of nitrogens with zero attached hydrogens (tertiary/aromatic N) is 1. The number of allylic oxidation sites excluding steroid dienone is 3. The molecule has 1 saturated carbocycles. The first-order valence-electron chi connectivity index (χ1n) is 12.0. The van der Waals surface area contributed by atoms with Gasteiger partial charge in [0.1, 0.15) is 12.0 Å². The summed E-state index contributed by atoms with van der Waals surface area (Å²) in [4.78, 5) is 41.8. The molecule has 1 aliphatic heterocycles. The fraction of sp³-hybridized carbons (Fsp3) is 0.519. The highest BCUT2D eigenvalue weighted by Crippen LogP contribution is 2.46. The number of nitrogens with one attached hydrogen (secondary N) is 1. The third-order valence-electron chi connectivity index (χ3n) is 7.28. The number of ether oxygens (including phenoxy) is 2. The minimum absolute atomic E-state index is 0.0927. The molecule has 34 heavy (non-hydrogen) atoms. The fourth-order valence-electron chi connectivity index (χ4n) is 5.47. The van der Waals surface area contributed by atoms with Crippen LogP contribution < -0.4 is 10.2 Å². The minimum Gasteiger partial charge on any atom is -0.468 e. The summed E-state index contributed by atoms with van der Waals surface area (Å²) in [5.41, 5.74) is 4.21. The molecule has 1 fully saturated rings. The molecule has 0 spiro atoms. The summed E-state index contributed by atoms with van der Waals surface area (Å²) in [5, 5.41) is 3.32. The van der Waals surface area contributed by atoms with Crippen LogP contribution in [0.5, 0.6) is 0 Å². The monoisotopic (exact) mass is 466 g/mol. The normalized spacial score (nSPS) is 25.1. The zero-order valence-corrected chi connectivity index (χ0v) is 20.6. The third kappa shape index (κ3) is 4.36. The Labute approximate surface area is 201 Å². The predicted octanol–water partition coefficient (Wildman–Crippen LogP) is 3.85. The van der Waals surface area contributed by atoms with Gasteiger partial charge in [-0.3, -0.25) is 9.59 Å². The molecule has 2 aliphatic carbocycles. The van der Waals surface area contributed by atoms with Gasteiger partial charge < -0.3 is 19.7 Å². The van der Waals surface area contributed by atoms with Crippen LogP contribution in [0.2, 0.25) is 0 Å². The number of esters is 2. The molecule has 0 radical (unpaired) electrons. The Morgan fingerprint density at radius 3 is 2.32 bits per heavy atom. The molecule has 1 N–H and O–H groups in total. The molecule has 3 atom stereocenters. The van der Waals surface area contributed by atoms with Crippen molar-refractivity contribution in [2.75, 3.05) is 26.1 Å². The summed E-state index contributed by atoms with van der Waals surface area (Å²) >= 11 is 0. The summed E-state index contributed by atoms with van der Waals surface area (Å²) in [6.45, 7) is 3.74. The van der Waals surface area contributed by atoms with Crippen molar-refractivity contribution in [2.45, 2.75) is 58.0 Å². The van der Waals surface area contributed by atoms with E-state index in [1.54, 1.807) is 0 Å². The van der Waals surface area contributed by atoms with E-state index in [2.05, 4.69) is 5.32 Å². The Hall–Kier alpha value is -3.09. The first kappa shape index (κ1) is 24.0. The van der Waals surface area contributed by atoms with E-state index in [9.17, 15) is 14.4 Å².